The molecule has 2 aliphatic heterocycles. The third-order valence-corrected chi connectivity index (χ3v) is 4.72. The molecule has 7 nitrogen and oxygen atoms in total. The summed E-state index contributed by atoms with van der Waals surface area (Å²) in [4.78, 5) is 30.5. The predicted molar refractivity (Wildman–Crippen MR) is 92.7 cm³/mol. The van der Waals surface area contributed by atoms with Crippen LogP contribution in [0.2, 0.25) is 0 Å². The molecule has 0 unspecified atom stereocenters. The fourth-order valence-electron chi connectivity index (χ4n) is 3.51. The van der Waals surface area contributed by atoms with Crippen molar-refractivity contribution in [1.29, 1.82) is 0 Å². The summed E-state index contributed by atoms with van der Waals surface area (Å²) in [5.41, 5.74) is 1.50. The van der Waals surface area contributed by atoms with E-state index >= 15 is 0 Å². The average Bonchev–Trinajstić information content (AvgIpc) is 3.20. The van der Waals surface area contributed by atoms with Crippen molar-refractivity contribution in [2.24, 2.45) is 5.92 Å². The molecule has 2 fully saturated rings. The molecule has 2 amide bonds. The number of rotatable bonds is 4. The largest absolute Gasteiger partial charge is 0.497 e. The zero-order valence-corrected chi connectivity index (χ0v) is 14.3. The Labute approximate surface area is 150 Å². The van der Waals surface area contributed by atoms with Gasteiger partial charge in [-0.15, -0.1) is 0 Å². The van der Waals surface area contributed by atoms with E-state index in [1.807, 2.05) is 36.4 Å². The lowest BCUT2D eigenvalue weighted by molar-refractivity contribution is -0.129. The van der Waals surface area contributed by atoms with Gasteiger partial charge < -0.3 is 9.47 Å². The second-order valence-electron chi connectivity index (χ2n) is 6.12. The average molecular weight is 354 g/mol. The van der Waals surface area contributed by atoms with E-state index in [1.54, 1.807) is 31.4 Å². The number of amides is 2. The van der Waals surface area contributed by atoms with Crippen molar-refractivity contribution in [3.8, 4) is 11.5 Å². The smallest absolute Gasteiger partial charge is 0.259 e. The van der Waals surface area contributed by atoms with Gasteiger partial charge in [-0.2, -0.15) is 0 Å². The van der Waals surface area contributed by atoms with E-state index in [1.165, 1.54) is 0 Å². The molecule has 0 aliphatic carbocycles. The lowest BCUT2D eigenvalue weighted by atomic mass is 9.90. The lowest BCUT2D eigenvalue weighted by Gasteiger charge is -2.28. The van der Waals surface area contributed by atoms with E-state index in [0.29, 0.717) is 11.5 Å². The molecule has 7 heteroatoms. The highest BCUT2D eigenvalue weighted by atomic mass is 16.7. The molecule has 0 spiro atoms. The van der Waals surface area contributed by atoms with Gasteiger partial charge in [0.2, 0.25) is 5.91 Å². The number of carbonyl (C=O) groups excluding carboxylic acids is 2. The molecular weight excluding hydrogens is 336 g/mol. The molecule has 0 saturated carbocycles. The van der Waals surface area contributed by atoms with E-state index in [-0.39, 0.29) is 5.91 Å². The maximum atomic E-state index is 12.4. The maximum absolute atomic E-state index is 12.4. The Morgan fingerprint density at radius 3 is 2.46 bits per heavy atom. The Morgan fingerprint density at radius 1 is 1.00 bits per heavy atom. The van der Waals surface area contributed by atoms with Gasteiger partial charge in [0, 0.05) is 11.6 Å². The first-order valence-corrected chi connectivity index (χ1v) is 8.21. The van der Waals surface area contributed by atoms with Crippen molar-refractivity contribution >= 4 is 17.5 Å². The molecule has 2 aliphatic rings. The summed E-state index contributed by atoms with van der Waals surface area (Å²) in [6.07, 6.45) is -0.862. The Bertz CT molecular complexity index is 854. The summed E-state index contributed by atoms with van der Waals surface area (Å²) in [7, 11) is 3.13. The van der Waals surface area contributed by atoms with Gasteiger partial charge in [0.25, 0.3) is 5.91 Å². The van der Waals surface area contributed by atoms with Crippen LogP contribution in [0.3, 0.4) is 0 Å². The normalized spacial score (nSPS) is 24.4. The van der Waals surface area contributed by atoms with Gasteiger partial charge in [-0.05, 0) is 24.3 Å². The third kappa shape index (κ3) is 2.48. The van der Waals surface area contributed by atoms with Crippen molar-refractivity contribution in [1.82, 2.24) is 5.32 Å². The van der Waals surface area contributed by atoms with Gasteiger partial charge in [-0.3, -0.25) is 19.7 Å². The minimum absolute atomic E-state index is 0.346. The lowest BCUT2D eigenvalue weighted by Crippen LogP contribution is -2.33. The summed E-state index contributed by atoms with van der Waals surface area (Å²) < 4.78 is 10.8. The molecule has 0 bridgehead atoms. The monoisotopic (exact) mass is 354 g/mol. The zero-order chi connectivity index (χ0) is 18.3. The van der Waals surface area contributed by atoms with Crippen LogP contribution in [-0.2, 0) is 14.4 Å². The first-order chi connectivity index (χ1) is 12.6. The highest BCUT2D eigenvalue weighted by molar-refractivity contribution is 6.07. The van der Waals surface area contributed by atoms with Crippen LogP contribution in [0, 0.1) is 5.92 Å². The summed E-state index contributed by atoms with van der Waals surface area (Å²) in [6.45, 7) is 0. The second-order valence-corrected chi connectivity index (χ2v) is 6.12. The molecular formula is C19H18N2O5. The number of hydrogen-bond acceptors (Lipinski definition) is 6. The van der Waals surface area contributed by atoms with Gasteiger partial charge >= 0.3 is 0 Å². The third-order valence-electron chi connectivity index (χ3n) is 4.72. The van der Waals surface area contributed by atoms with Crippen LogP contribution in [0.5, 0.6) is 11.5 Å². The quantitative estimate of drug-likeness (QED) is 0.845. The number of carbonyl (C=O) groups is 2. The topological polar surface area (TPSA) is 77.1 Å². The Balaban J connectivity index is 1.84. The molecule has 134 valence electrons. The van der Waals surface area contributed by atoms with Crippen LogP contribution in [0.15, 0.2) is 48.5 Å². The van der Waals surface area contributed by atoms with E-state index < -0.39 is 24.0 Å². The van der Waals surface area contributed by atoms with E-state index in [9.17, 15) is 9.59 Å². The maximum Gasteiger partial charge on any atom is 0.259 e. The number of hydrogen-bond donors (Lipinski definition) is 1. The summed E-state index contributed by atoms with van der Waals surface area (Å²) in [6, 6.07) is 14.2. The standard InChI is InChI=1S/C19H18N2O5/c1-24-12-8-9-13(14(10-12)25-2)16-15-17(19(23)20-18(15)22)26-21(16)11-6-4-3-5-7-11/h3-10,15-17H,1-2H3,(H,20,22,23)/t15-,16+,17+/m0/s1. The number of benzene rings is 2. The van der Waals surface area contributed by atoms with Crippen molar-refractivity contribution in [3.05, 3.63) is 54.1 Å². The van der Waals surface area contributed by atoms with Crippen LogP contribution in [-0.4, -0.2) is 32.1 Å². The number of para-hydroxylation sites is 1. The second kappa shape index (κ2) is 6.34. The molecule has 4 rings (SSSR count). The highest BCUT2D eigenvalue weighted by Gasteiger charge is 2.57. The molecule has 2 heterocycles. The fraction of sp³-hybridized carbons (Fsp3) is 0.263. The Hall–Kier alpha value is -3.06. The number of fused-ring (bicyclic) bond motifs is 1. The molecule has 2 aromatic carbocycles. The van der Waals surface area contributed by atoms with Gasteiger partial charge in [0.05, 0.1) is 25.9 Å². The first kappa shape index (κ1) is 16.4. The number of nitrogens with zero attached hydrogens (tertiary/aromatic N) is 1. The zero-order valence-electron chi connectivity index (χ0n) is 14.3. The summed E-state index contributed by atoms with van der Waals surface area (Å²) >= 11 is 0. The SMILES string of the molecule is COc1ccc([C@@H]2[C@@H]3C(=O)NC(=O)[C@@H]3ON2c2ccccc2)c(OC)c1. The number of anilines is 1. The molecule has 0 radical (unpaired) electrons. The number of nitrogens with one attached hydrogen (secondary N) is 1. The summed E-state index contributed by atoms with van der Waals surface area (Å²) in [5.74, 6) is -0.229. The van der Waals surface area contributed by atoms with Crippen LogP contribution >= 0.6 is 0 Å². The van der Waals surface area contributed by atoms with Crippen molar-refractivity contribution in [2.75, 3.05) is 19.3 Å². The van der Waals surface area contributed by atoms with Gasteiger partial charge in [-0.25, -0.2) is 5.06 Å². The molecule has 2 saturated heterocycles. The number of imide groups is 1. The predicted octanol–water partition coefficient (Wildman–Crippen LogP) is 1.84. The fourth-order valence-corrected chi connectivity index (χ4v) is 3.51. The molecule has 26 heavy (non-hydrogen) atoms. The van der Waals surface area contributed by atoms with Gasteiger partial charge in [0.15, 0.2) is 6.10 Å². The van der Waals surface area contributed by atoms with E-state index in [4.69, 9.17) is 14.3 Å². The van der Waals surface area contributed by atoms with E-state index in [2.05, 4.69) is 5.32 Å². The van der Waals surface area contributed by atoms with Crippen LogP contribution in [0.4, 0.5) is 5.69 Å². The Kier molecular flexibility index (Phi) is 4.00. The van der Waals surface area contributed by atoms with Crippen molar-refractivity contribution in [3.63, 3.8) is 0 Å². The molecule has 3 atom stereocenters. The van der Waals surface area contributed by atoms with Crippen LogP contribution < -0.4 is 19.9 Å². The minimum Gasteiger partial charge on any atom is -0.497 e. The number of methoxy groups -OCH3 is 2. The minimum atomic E-state index is -0.862. The van der Waals surface area contributed by atoms with Crippen molar-refractivity contribution < 1.29 is 23.9 Å². The first-order valence-electron chi connectivity index (χ1n) is 8.21. The molecule has 0 aromatic heterocycles. The van der Waals surface area contributed by atoms with Crippen LogP contribution in [0.1, 0.15) is 11.6 Å². The van der Waals surface area contributed by atoms with Gasteiger partial charge in [-0.1, -0.05) is 18.2 Å². The van der Waals surface area contributed by atoms with Gasteiger partial charge in [0.1, 0.15) is 17.4 Å². The summed E-state index contributed by atoms with van der Waals surface area (Å²) in [5, 5.41) is 3.98. The van der Waals surface area contributed by atoms with Crippen LogP contribution in [0.25, 0.3) is 0 Å². The molecule has 1 N–H and O–H groups in total. The number of hydroxylamine groups is 1. The highest BCUT2D eigenvalue weighted by Crippen LogP contribution is 2.47. The Morgan fingerprint density at radius 2 is 1.77 bits per heavy atom. The molecule has 2 aromatic rings. The number of ether oxygens (including phenoxy) is 2. The van der Waals surface area contributed by atoms with Crippen molar-refractivity contribution in [2.45, 2.75) is 12.1 Å². The van der Waals surface area contributed by atoms with E-state index in [0.717, 1.165) is 11.3 Å².